The average molecular weight is 817 g/mol. The van der Waals surface area contributed by atoms with Crippen LogP contribution in [-0.2, 0) is 10.8 Å². The summed E-state index contributed by atoms with van der Waals surface area (Å²) in [6, 6.07) is 81.7. The van der Waals surface area contributed by atoms with E-state index in [-0.39, 0.29) is 10.8 Å². The van der Waals surface area contributed by atoms with Crippen molar-refractivity contribution in [3.05, 3.63) is 241 Å². The molecular formula is C64H48. The molecule has 0 nitrogen and oxygen atoms in total. The van der Waals surface area contributed by atoms with Gasteiger partial charge in [-0.25, -0.2) is 0 Å². The number of rotatable bonds is 6. The molecule has 0 bridgehead atoms. The zero-order chi connectivity index (χ0) is 43.2. The van der Waals surface area contributed by atoms with Crippen LogP contribution < -0.4 is 0 Å². The van der Waals surface area contributed by atoms with Gasteiger partial charge in [-0.15, -0.1) is 0 Å². The second kappa shape index (κ2) is 14.5. The van der Waals surface area contributed by atoms with E-state index in [2.05, 4.69) is 246 Å². The van der Waals surface area contributed by atoms with Gasteiger partial charge in [0.15, 0.2) is 0 Å². The van der Waals surface area contributed by atoms with Crippen molar-refractivity contribution < 1.29 is 0 Å². The minimum absolute atomic E-state index is 0.0175. The highest BCUT2D eigenvalue weighted by molar-refractivity contribution is 6.13. The van der Waals surface area contributed by atoms with Gasteiger partial charge in [-0.05, 0) is 146 Å². The van der Waals surface area contributed by atoms with Gasteiger partial charge in [0.05, 0.1) is 0 Å². The molecule has 10 aromatic rings. The van der Waals surface area contributed by atoms with Crippen LogP contribution in [0.3, 0.4) is 0 Å². The molecule has 0 atom stereocenters. The van der Waals surface area contributed by atoms with Gasteiger partial charge in [0.2, 0.25) is 0 Å². The molecular weight excluding hydrogens is 769 g/mol. The predicted molar refractivity (Wildman–Crippen MR) is 272 cm³/mol. The molecule has 0 heteroatoms. The lowest BCUT2D eigenvalue weighted by atomic mass is 9.82. The van der Waals surface area contributed by atoms with Crippen molar-refractivity contribution in [3.8, 4) is 89.0 Å². The highest BCUT2D eigenvalue weighted by atomic mass is 14.4. The molecule has 0 aromatic heterocycles. The second-order valence-electron chi connectivity index (χ2n) is 18.8. The molecule has 0 unspecified atom stereocenters. The highest BCUT2D eigenvalue weighted by Gasteiger charge is 2.36. The summed E-state index contributed by atoms with van der Waals surface area (Å²) in [6.45, 7) is 9.39. The van der Waals surface area contributed by atoms with Crippen LogP contribution in [0.25, 0.3) is 99.8 Å². The van der Waals surface area contributed by atoms with Crippen LogP contribution in [-0.4, -0.2) is 0 Å². The zero-order valence-electron chi connectivity index (χ0n) is 36.8. The maximum absolute atomic E-state index is 2.41. The molecule has 0 saturated heterocycles. The van der Waals surface area contributed by atoms with Crippen molar-refractivity contribution in [1.82, 2.24) is 0 Å². The summed E-state index contributed by atoms with van der Waals surface area (Å²) in [5.41, 5.74) is 25.6. The minimum atomic E-state index is -0.0175. The summed E-state index contributed by atoms with van der Waals surface area (Å²) >= 11 is 0. The van der Waals surface area contributed by atoms with Crippen molar-refractivity contribution in [3.63, 3.8) is 0 Å². The normalized spacial score (nSPS) is 13.9. The van der Waals surface area contributed by atoms with Gasteiger partial charge in [-0.1, -0.05) is 222 Å². The van der Waals surface area contributed by atoms with Crippen molar-refractivity contribution >= 4 is 10.8 Å². The van der Waals surface area contributed by atoms with Crippen molar-refractivity contribution in [2.75, 3.05) is 0 Å². The SMILES string of the molecule is CC1(C)c2ccccc2-c2cc(-c3cccc(-c4ccc5c(-c6ccccc6)c(-c6cccc(-c7ccc8c(c7)-c7ccccc7C8(C)C)c6)ccc5c4-c4ccccc4)c3)ccc21. The van der Waals surface area contributed by atoms with E-state index >= 15 is 0 Å². The zero-order valence-corrected chi connectivity index (χ0v) is 36.8. The molecule has 2 aliphatic rings. The van der Waals surface area contributed by atoms with E-state index in [1.807, 2.05) is 0 Å². The predicted octanol–water partition coefficient (Wildman–Crippen LogP) is 17.5. The molecule has 0 spiro atoms. The van der Waals surface area contributed by atoms with E-state index in [4.69, 9.17) is 0 Å². The van der Waals surface area contributed by atoms with Gasteiger partial charge in [-0.2, -0.15) is 0 Å². The molecule has 0 fully saturated rings. The van der Waals surface area contributed by atoms with E-state index < -0.39 is 0 Å². The molecule has 12 rings (SSSR count). The molecule has 0 aliphatic heterocycles. The van der Waals surface area contributed by atoms with Crippen molar-refractivity contribution in [1.29, 1.82) is 0 Å². The number of hydrogen-bond donors (Lipinski definition) is 0. The summed E-state index contributed by atoms with van der Waals surface area (Å²) in [4.78, 5) is 0. The molecule has 10 aromatic carbocycles. The first kappa shape index (κ1) is 38.2. The van der Waals surface area contributed by atoms with Crippen LogP contribution in [0, 0.1) is 0 Å². The smallest absolute Gasteiger partial charge is 0.0158 e. The Balaban J connectivity index is 1.01. The van der Waals surface area contributed by atoms with Gasteiger partial charge in [0.25, 0.3) is 0 Å². The third-order valence-corrected chi connectivity index (χ3v) is 14.5. The van der Waals surface area contributed by atoms with Crippen LogP contribution in [0.1, 0.15) is 49.9 Å². The molecule has 0 N–H and O–H groups in total. The van der Waals surface area contributed by atoms with E-state index in [1.165, 1.54) is 122 Å². The summed E-state index contributed by atoms with van der Waals surface area (Å²) in [5, 5.41) is 2.48. The van der Waals surface area contributed by atoms with E-state index in [0.717, 1.165) is 0 Å². The molecule has 64 heavy (non-hydrogen) atoms. The highest BCUT2D eigenvalue weighted by Crippen LogP contribution is 2.52. The van der Waals surface area contributed by atoms with Crippen molar-refractivity contribution in [2.24, 2.45) is 0 Å². The Morgan fingerprint density at radius 2 is 0.562 bits per heavy atom. The van der Waals surface area contributed by atoms with Gasteiger partial charge in [0.1, 0.15) is 0 Å². The van der Waals surface area contributed by atoms with Gasteiger partial charge in [-0.3, -0.25) is 0 Å². The summed E-state index contributed by atoms with van der Waals surface area (Å²) < 4.78 is 0. The topological polar surface area (TPSA) is 0 Å². The summed E-state index contributed by atoms with van der Waals surface area (Å²) in [6.07, 6.45) is 0. The Bertz CT molecular complexity index is 3240. The number of fused-ring (bicyclic) bond motifs is 7. The molecule has 304 valence electrons. The molecule has 0 amide bonds. The monoisotopic (exact) mass is 816 g/mol. The van der Waals surface area contributed by atoms with Gasteiger partial charge in [0, 0.05) is 10.8 Å². The van der Waals surface area contributed by atoms with E-state index in [9.17, 15) is 0 Å². The van der Waals surface area contributed by atoms with E-state index in [1.54, 1.807) is 0 Å². The lowest BCUT2D eigenvalue weighted by Crippen LogP contribution is -2.14. The lowest BCUT2D eigenvalue weighted by Gasteiger charge is -2.21. The first-order valence-corrected chi connectivity index (χ1v) is 22.7. The average Bonchev–Trinajstić information content (AvgIpc) is 3.72. The minimum Gasteiger partial charge on any atom is -0.0622 e. The quantitative estimate of drug-likeness (QED) is 0.157. The molecule has 2 aliphatic carbocycles. The van der Waals surface area contributed by atoms with Crippen molar-refractivity contribution in [2.45, 2.75) is 38.5 Å². The van der Waals surface area contributed by atoms with Crippen LogP contribution >= 0.6 is 0 Å². The fraction of sp³-hybridized carbons (Fsp3) is 0.0938. The molecule has 0 heterocycles. The Hall–Kier alpha value is -7.54. The lowest BCUT2D eigenvalue weighted by molar-refractivity contribution is 0.660. The fourth-order valence-corrected chi connectivity index (χ4v) is 11.3. The largest absolute Gasteiger partial charge is 0.0622 e. The molecule has 0 radical (unpaired) electrons. The third kappa shape index (κ3) is 5.90. The Labute approximate surface area is 377 Å². The first-order chi connectivity index (χ1) is 31.3. The number of hydrogen-bond acceptors (Lipinski definition) is 0. The Morgan fingerprint density at radius 3 is 1.00 bits per heavy atom. The maximum Gasteiger partial charge on any atom is 0.0158 e. The summed E-state index contributed by atoms with van der Waals surface area (Å²) in [5.74, 6) is 0. The second-order valence-corrected chi connectivity index (χ2v) is 18.8. The van der Waals surface area contributed by atoms with Crippen LogP contribution in [0.4, 0.5) is 0 Å². The number of benzene rings is 10. The Morgan fingerprint density at radius 1 is 0.219 bits per heavy atom. The van der Waals surface area contributed by atoms with Gasteiger partial charge >= 0.3 is 0 Å². The van der Waals surface area contributed by atoms with E-state index in [0.29, 0.717) is 0 Å². The summed E-state index contributed by atoms with van der Waals surface area (Å²) in [7, 11) is 0. The standard InChI is InChI=1S/C64H48/c1-63(2)57-27-13-11-25-51(57)55-39-45(29-35-59(55)63)43-21-15-23-47(37-43)49-31-33-54-53(61(49)41-17-7-5-8-18-41)34-32-50(62(54)42-19-9-6-10-20-42)48-24-16-22-44(38-48)46-30-36-60-56(40-46)52-26-12-14-28-58(52)64(60,3)4/h5-40H,1-4H3. The Kier molecular flexibility index (Phi) is 8.65. The first-order valence-electron chi connectivity index (χ1n) is 22.7. The molecule has 0 saturated carbocycles. The van der Waals surface area contributed by atoms with Crippen LogP contribution in [0.15, 0.2) is 218 Å². The third-order valence-electron chi connectivity index (χ3n) is 14.5. The van der Waals surface area contributed by atoms with Gasteiger partial charge < -0.3 is 0 Å². The van der Waals surface area contributed by atoms with Crippen LogP contribution in [0.2, 0.25) is 0 Å². The fourth-order valence-electron chi connectivity index (χ4n) is 11.3. The van der Waals surface area contributed by atoms with Crippen LogP contribution in [0.5, 0.6) is 0 Å². The maximum atomic E-state index is 2.41.